The van der Waals surface area contributed by atoms with E-state index >= 15 is 0 Å². The molecule has 0 aliphatic rings. The molecule has 0 aliphatic carbocycles. The van der Waals surface area contributed by atoms with Crippen LogP contribution in [0.2, 0.25) is 5.15 Å². The molecule has 160 valence electrons. The second-order valence-electron chi connectivity index (χ2n) is 5.82. The molecule has 2 aromatic heterocycles. The van der Waals surface area contributed by atoms with Crippen molar-refractivity contribution < 1.29 is 31.6 Å². The van der Waals surface area contributed by atoms with Crippen molar-refractivity contribution in [2.24, 2.45) is 0 Å². The van der Waals surface area contributed by atoms with Gasteiger partial charge in [0.25, 0.3) is 0 Å². The van der Waals surface area contributed by atoms with Gasteiger partial charge in [0.1, 0.15) is 21.5 Å². The number of carbonyl (C=O) groups excluding carboxylic acids is 1. The molecular weight excluding hydrogens is 458 g/mol. The minimum absolute atomic E-state index is 0.0416. The third-order valence-corrected chi connectivity index (χ3v) is 6.47. The molecule has 0 saturated carbocycles. The maximum absolute atomic E-state index is 13.4. The normalized spacial score (nSPS) is 12.8. The lowest BCUT2D eigenvalue weighted by atomic mass is 10.3. The van der Waals surface area contributed by atoms with E-state index in [4.69, 9.17) is 11.6 Å². The zero-order chi connectivity index (χ0) is 21.8. The Hall–Kier alpha value is -1.63. The molecular formula is C16H16ClF4N3O3S2. The largest absolute Gasteiger partial charge is 0.619 e. The summed E-state index contributed by atoms with van der Waals surface area (Å²) in [5, 5.41) is 11.8. The molecule has 0 bridgehead atoms. The summed E-state index contributed by atoms with van der Waals surface area (Å²) in [4.78, 5) is 17.8. The molecule has 0 saturated heterocycles. The van der Waals surface area contributed by atoms with Crippen LogP contribution in [0, 0.1) is 11.0 Å². The van der Waals surface area contributed by atoms with Gasteiger partial charge in [0, 0.05) is 6.54 Å². The van der Waals surface area contributed by atoms with E-state index in [9.17, 15) is 32.1 Å². The summed E-state index contributed by atoms with van der Waals surface area (Å²) in [6.07, 6.45) is -3.98. The van der Waals surface area contributed by atoms with Crippen molar-refractivity contribution in [3.05, 3.63) is 34.6 Å². The van der Waals surface area contributed by atoms with Gasteiger partial charge in [0.15, 0.2) is 17.2 Å². The quantitative estimate of drug-likeness (QED) is 0.253. The number of halogens is 5. The Bertz CT molecular complexity index is 846. The molecule has 0 radical (unpaired) electrons. The van der Waals surface area contributed by atoms with Gasteiger partial charge in [-0.05, 0) is 13.0 Å². The third-order valence-electron chi connectivity index (χ3n) is 3.65. The Kier molecular flexibility index (Phi) is 8.09. The van der Waals surface area contributed by atoms with Gasteiger partial charge in [0.05, 0.1) is 18.4 Å². The topological polar surface area (TPSA) is 83.2 Å². The van der Waals surface area contributed by atoms with Gasteiger partial charge in [-0.2, -0.15) is 17.9 Å². The number of alkyl halides is 3. The van der Waals surface area contributed by atoms with E-state index in [-0.39, 0.29) is 44.2 Å². The molecule has 29 heavy (non-hydrogen) atoms. The standard InChI is InChI=1S/C16H16ClF4N3O3S2/c1-2-24(12(25)3-5-29(27)6-4-16(19,20)21)15-13(17)22-14(28-15)10-7-11(18)9-23(26)8-10/h7-9H,2-6H2,1H3. The number of amides is 1. The Balaban J connectivity index is 2.09. The average Bonchev–Trinajstić information content (AvgIpc) is 2.99. The van der Waals surface area contributed by atoms with E-state index in [0.717, 1.165) is 29.8 Å². The van der Waals surface area contributed by atoms with Crippen LogP contribution < -0.4 is 9.63 Å². The molecule has 6 nitrogen and oxygen atoms in total. The molecule has 0 aliphatic heterocycles. The van der Waals surface area contributed by atoms with Gasteiger partial charge in [-0.1, -0.05) is 34.1 Å². The fraction of sp³-hybridized carbons (Fsp3) is 0.438. The predicted octanol–water partition coefficient (Wildman–Crippen LogP) is 3.68. The summed E-state index contributed by atoms with van der Waals surface area (Å²) in [6, 6.07) is 1.09. The summed E-state index contributed by atoms with van der Waals surface area (Å²) in [7, 11) is 0. The second kappa shape index (κ2) is 9.92. The number of rotatable bonds is 8. The SMILES string of the molecule is CCN(C(=O)CC[S+]([O-])CCC(F)(F)F)c1sc(-c2cc(F)c[n+]([O-])c2)nc1Cl. The molecule has 13 heteroatoms. The van der Waals surface area contributed by atoms with Crippen molar-refractivity contribution in [3.8, 4) is 10.6 Å². The summed E-state index contributed by atoms with van der Waals surface area (Å²) < 4.78 is 62.0. The number of thiazole rings is 1. The molecule has 2 aromatic rings. The van der Waals surface area contributed by atoms with Crippen LogP contribution in [0.15, 0.2) is 18.5 Å². The monoisotopic (exact) mass is 473 g/mol. The van der Waals surface area contributed by atoms with Gasteiger partial charge in [0.2, 0.25) is 12.1 Å². The summed E-state index contributed by atoms with van der Waals surface area (Å²) in [5.41, 5.74) is 0.176. The smallest absolute Gasteiger partial charge is 0.393 e. The molecule has 0 N–H and O–H groups in total. The van der Waals surface area contributed by atoms with Crippen molar-refractivity contribution in [1.82, 2.24) is 4.98 Å². The zero-order valence-electron chi connectivity index (χ0n) is 15.0. The van der Waals surface area contributed by atoms with Crippen LogP contribution in [0.3, 0.4) is 0 Å². The highest BCUT2D eigenvalue weighted by Gasteiger charge is 2.30. The number of anilines is 1. The first-order valence-electron chi connectivity index (χ1n) is 8.28. The summed E-state index contributed by atoms with van der Waals surface area (Å²) in [5.74, 6) is -2.03. The molecule has 0 fully saturated rings. The van der Waals surface area contributed by atoms with Crippen LogP contribution in [0.1, 0.15) is 19.8 Å². The average molecular weight is 474 g/mol. The highest BCUT2D eigenvalue weighted by atomic mass is 35.5. The van der Waals surface area contributed by atoms with Crippen molar-refractivity contribution in [3.63, 3.8) is 0 Å². The van der Waals surface area contributed by atoms with Gasteiger partial charge in [-0.25, -0.2) is 9.37 Å². The number of aromatic nitrogens is 2. The highest BCUT2D eigenvalue weighted by molar-refractivity contribution is 7.91. The Morgan fingerprint density at radius 3 is 2.66 bits per heavy atom. The fourth-order valence-electron chi connectivity index (χ4n) is 2.32. The number of hydrogen-bond donors (Lipinski definition) is 0. The van der Waals surface area contributed by atoms with Crippen LogP contribution in [0.4, 0.5) is 22.6 Å². The van der Waals surface area contributed by atoms with Gasteiger partial charge >= 0.3 is 6.18 Å². The molecule has 1 amide bonds. The first-order chi connectivity index (χ1) is 13.5. The Morgan fingerprint density at radius 1 is 1.38 bits per heavy atom. The lowest BCUT2D eigenvalue weighted by molar-refractivity contribution is -0.606. The van der Waals surface area contributed by atoms with E-state index in [1.165, 1.54) is 4.90 Å². The summed E-state index contributed by atoms with van der Waals surface area (Å²) >= 11 is 5.26. The Labute approximate surface area is 175 Å². The number of carbonyl (C=O) groups is 1. The van der Waals surface area contributed by atoms with E-state index in [0.29, 0.717) is 0 Å². The predicted molar refractivity (Wildman–Crippen MR) is 103 cm³/mol. The van der Waals surface area contributed by atoms with Crippen molar-refractivity contribution in [2.45, 2.75) is 25.9 Å². The van der Waals surface area contributed by atoms with Crippen LogP contribution in [0.5, 0.6) is 0 Å². The number of pyridine rings is 1. The third kappa shape index (κ3) is 6.98. The van der Waals surface area contributed by atoms with Gasteiger partial charge < -0.3 is 14.7 Å². The van der Waals surface area contributed by atoms with Crippen molar-refractivity contribution >= 4 is 45.0 Å². The fourth-order valence-corrected chi connectivity index (χ4v) is 4.76. The lowest BCUT2D eigenvalue weighted by Crippen LogP contribution is -2.32. The molecule has 0 spiro atoms. The highest BCUT2D eigenvalue weighted by Crippen LogP contribution is 2.37. The maximum Gasteiger partial charge on any atom is 0.393 e. The number of hydrogen-bond acceptors (Lipinski definition) is 5. The van der Waals surface area contributed by atoms with E-state index in [1.54, 1.807) is 6.92 Å². The van der Waals surface area contributed by atoms with Gasteiger partial charge in [-0.15, -0.1) is 0 Å². The molecule has 1 unspecified atom stereocenters. The molecule has 2 rings (SSSR count). The Morgan fingerprint density at radius 2 is 2.07 bits per heavy atom. The van der Waals surface area contributed by atoms with Crippen LogP contribution in [-0.2, 0) is 16.0 Å². The van der Waals surface area contributed by atoms with Crippen LogP contribution in [-0.4, -0.2) is 39.7 Å². The minimum atomic E-state index is -4.40. The van der Waals surface area contributed by atoms with E-state index in [2.05, 4.69) is 4.98 Å². The number of nitrogens with zero attached hydrogens (tertiary/aromatic N) is 3. The van der Waals surface area contributed by atoms with Crippen molar-refractivity contribution in [1.29, 1.82) is 0 Å². The van der Waals surface area contributed by atoms with Crippen LogP contribution in [0.25, 0.3) is 10.6 Å². The first kappa shape index (κ1) is 23.6. The van der Waals surface area contributed by atoms with E-state index < -0.39 is 41.3 Å². The van der Waals surface area contributed by atoms with E-state index in [1.807, 2.05) is 0 Å². The minimum Gasteiger partial charge on any atom is -0.619 e. The maximum atomic E-state index is 13.4. The second-order valence-corrected chi connectivity index (χ2v) is 8.85. The summed E-state index contributed by atoms with van der Waals surface area (Å²) in [6.45, 7) is 1.84. The molecule has 2 heterocycles. The lowest BCUT2D eigenvalue weighted by Gasteiger charge is -2.19. The molecule has 1 atom stereocenters. The van der Waals surface area contributed by atoms with Crippen LogP contribution >= 0.6 is 22.9 Å². The zero-order valence-corrected chi connectivity index (χ0v) is 17.4. The van der Waals surface area contributed by atoms with Gasteiger partial charge in [-0.3, -0.25) is 4.79 Å². The molecule has 0 aromatic carbocycles. The first-order valence-corrected chi connectivity index (χ1v) is 11.0. The van der Waals surface area contributed by atoms with Crippen molar-refractivity contribution in [2.75, 3.05) is 23.0 Å².